The topological polar surface area (TPSA) is 40.0 Å². The number of unbranched alkanes of at least 4 members (excludes halogenated alkanes) is 2. The highest BCUT2D eigenvalue weighted by Crippen LogP contribution is 2.45. The minimum atomic E-state index is -3.65. The zero-order valence-corrected chi connectivity index (χ0v) is 26.5. The molecule has 0 spiro atoms. The number of benzene rings is 2. The lowest BCUT2D eigenvalue weighted by Crippen LogP contribution is -2.38. The Hall–Kier alpha value is -2.39. The second-order valence-corrected chi connectivity index (χ2v) is 13.1. The maximum atomic E-state index is 15.4. The molecule has 2 aromatic carbocycles. The second kappa shape index (κ2) is 15.5. The van der Waals surface area contributed by atoms with Gasteiger partial charge >= 0.3 is 6.11 Å². The Labute approximate surface area is 267 Å². The lowest BCUT2D eigenvalue weighted by Gasteiger charge is -2.38. The molecule has 2 aromatic rings. The lowest BCUT2D eigenvalue weighted by atomic mass is 9.76. The summed E-state index contributed by atoms with van der Waals surface area (Å²) in [7, 11) is 0. The van der Waals surface area contributed by atoms with Crippen LogP contribution in [0.5, 0.6) is 5.75 Å². The number of ether oxygens (including phenoxy) is 3. The van der Waals surface area contributed by atoms with Crippen LogP contribution in [0.25, 0.3) is 0 Å². The predicted molar refractivity (Wildman–Crippen MR) is 166 cm³/mol. The average Bonchev–Trinajstić information content (AvgIpc) is 3.03. The van der Waals surface area contributed by atoms with Crippen molar-refractivity contribution >= 4 is 23.1 Å². The Morgan fingerprint density at radius 1 is 0.867 bits per heavy atom. The summed E-state index contributed by atoms with van der Waals surface area (Å²) in [5.41, 5.74) is 0.814. The molecule has 0 atom stereocenters. The smallest absolute Gasteiger partial charge is 0.400 e. The Bertz CT molecular complexity index is 1310. The molecule has 0 amide bonds. The van der Waals surface area contributed by atoms with Crippen LogP contribution in [0.2, 0.25) is 0 Å². The maximum Gasteiger partial charge on any atom is 0.400 e. The third kappa shape index (κ3) is 8.51. The number of halogens is 5. The fourth-order valence-electron chi connectivity index (χ4n) is 7.27. The van der Waals surface area contributed by atoms with Gasteiger partial charge in [0, 0.05) is 24.0 Å². The van der Waals surface area contributed by atoms with Crippen molar-refractivity contribution in [3.8, 4) is 5.75 Å². The molecule has 5 rings (SSSR count). The van der Waals surface area contributed by atoms with Crippen LogP contribution in [0, 0.1) is 35.2 Å². The zero-order valence-electron chi connectivity index (χ0n) is 25.7. The van der Waals surface area contributed by atoms with Crippen molar-refractivity contribution in [1.82, 2.24) is 0 Å². The van der Waals surface area contributed by atoms with Crippen LogP contribution < -0.4 is 4.74 Å². The number of hydrogen-bond acceptors (Lipinski definition) is 5. The number of hydrogen-bond donors (Lipinski definition) is 0. The molecule has 3 fully saturated rings. The van der Waals surface area contributed by atoms with E-state index in [1.165, 1.54) is 19.3 Å². The molecular weight excluding hydrogens is 609 g/mol. The van der Waals surface area contributed by atoms with E-state index in [2.05, 4.69) is 24.1 Å². The molecule has 2 aliphatic carbocycles. The Morgan fingerprint density at radius 3 is 2.11 bits per heavy atom. The largest absolute Gasteiger partial charge is 0.432 e. The van der Waals surface area contributed by atoms with E-state index in [0.717, 1.165) is 50.9 Å². The van der Waals surface area contributed by atoms with E-state index in [9.17, 15) is 17.6 Å². The second-order valence-electron chi connectivity index (χ2n) is 12.9. The fourth-order valence-corrected chi connectivity index (χ4v) is 7.36. The molecule has 1 heterocycles. The van der Waals surface area contributed by atoms with Gasteiger partial charge < -0.3 is 14.2 Å². The van der Waals surface area contributed by atoms with E-state index in [4.69, 9.17) is 14.2 Å². The van der Waals surface area contributed by atoms with Crippen molar-refractivity contribution in [3.63, 3.8) is 0 Å². The third-order valence-electron chi connectivity index (χ3n) is 9.91. The highest BCUT2D eigenvalue weighted by Gasteiger charge is 2.44. The molecule has 246 valence electrons. The summed E-state index contributed by atoms with van der Waals surface area (Å²) >= 11 is 4.35. The summed E-state index contributed by atoms with van der Waals surface area (Å²) in [6.45, 7) is 3.75. The van der Waals surface area contributed by atoms with Gasteiger partial charge in [0.05, 0.1) is 24.3 Å². The van der Waals surface area contributed by atoms with Gasteiger partial charge in [0.25, 0.3) is 0 Å². The summed E-state index contributed by atoms with van der Waals surface area (Å²) in [6, 6.07) is 6.73. The summed E-state index contributed by atoms with van der Waals surface area (Å²) in [4.78, 5) is 3.27. The van der Waals surface area contributed by atoms with Gasteiger partial charge in [-0.2, -0.15) is 13.8 Å². The van der Waals surface area contributed by atoms with Crippen LogP contribution in [-0.2, 0) is 9.47 Å². The molecule has 0 aromatic heterocycles. The van der Waals surface area contributed by atoms with Crippen LogP contribution in [0.4, 0.5) is 27.6 Å². The van der Waals surface area contributed by atoms with Crippen molar-refractivity contribution in [3.05, 3.63) is 58.9 Å². The Kier molecular flexibility index (Phi) is 11.7. The molecule has 0 bridgehead atoms. The van der Waals surface area contributed by atoms with Gasteiger partial charge in [-0.05, 0) is 99.0 Å². The summed E-state index contributed by atoms with van der Waals surface area (Å²) < 4.78 is 90.5. The van der Waals surface area contributed by atoms with Gasteiger partial charge in [-0.25, -0.2) is 13.2 Å². The van der Waals surface area contributed by atoms with E-state index in [1.54, 1.807) is 6.07 Å². The van der Waals surface area contributed by atoms with Crippen molar-refractivity contribution in [2.24, 2.45) is 22.7 Å². The maximum absolute atomic E-state index is 15.4. The SMILES string of the molecule is CCCCCC1COC(C2CCC(c3ccc(C4CCC(C(F)(F)Oc5cc(F)c(N=C=S)c(F)c5)CC4)c(F)c3)CC2)OC1. The van der Waals surface area contributed by atoms with E-state index >= 15 is 4.39 Å². The van der Waals surface area contributed by atoms with Gasteiger partial charge in [0.15, 0.2) is 17.9 Å². The number of alkyl halides is 2. The molecule has 0 radical (unpaired) electrons. The van der Waals surface area contributed by atoms with Crippen molar-refractivity contribution in [2.75, 3.05) is 13.2 Å². The van der Waals surface area contributed by atoms with Gasteiger partial charge in [-0.1, -0.05) is 38.3 Å². The van der Waals surface area contributed by atoms with Gasteiger partial charge in [0.2, 0.25) is 0 Å². The quantitative estimate of drug-likeness (QED) is 0.105. The monoisotopic (exact) mass is 651 g/mol. The van der Waals surface area contributed by atoms with Crippen LogP contribution in [0.15, 0.2) is 35.3 Å². The van der Waals surface area contributed by atoms with Crippen molar-refractivity contribution in [2.45, 2.75) is 108 Å². The first-order chi connectivity index (χ1) is 21.7. The number of isothiocyanates is 1. The molecule has 1 aliphatic heterocycles. The van der Waals surface area contributed by atoms with E-state index < -0.39 is 35.1 Å². The van der Waals surface area contributed by atoms with Gasteiger partial charge in [-0.3, -0.25) is 0 Å². The highest BCUT2D eigenvalue weighted by molar-refractivity contribution is 7.78. The Balaban J connectivity index is 1.10. The van der Waals surface area contributed by atoms with Crippen LogP contribution in [-0.4, -0.2) is 30.8 Å². The zero-order chi connectivity index (χ0) is 32.0. The predicted octanol–water partition coefficient (Wildman–Crippen LogP) is 10.6. The van der Waals surface area contributed by atoms with Gasteiger partial charge in [-0.15, -0.1) is 0 Å². The molecule has 10 heteroatoms. The minimum absolute atomic E-state index is 0.0892. The van der Waals surface area contributed by atoms with Crippen LogP contribution >= 0.6 is 12.2 Å². The summed E-state index contributed by atoms with van der Waals surface area (Å²) in [5.74, 6) is -3.51. The molecule has 2 saturated carbocycles. The first kappa shape index (κ1) is 34.0. The molecule has 1 saturated heterocycles. The average molecular weight is 652 g/mol. The normalized spacial score (nSPS) is 27.5. The van der Waals surface area contributed by atoms with Crippen LogP contribution in [0.1, 0.15) is 107 Å². The first-order valence-electron chi connectivity index (χ1n) is 16.3. The van der Waals surface area contributed by atoms with E-state index in [1.807, 2.05) is 17.3 Å². The summed E-state index contributed by atoms with van der Waals surface area (Å²) in [6.07, 6.45) is 5.79. The fraction of sp³-hybridized carbons (Fsp3) is 0.629. The van der Waals surface area contributed by atoms with Crippen molar-refractivity contribution in [1.29, 1.82) is 0 Å². The molecular formula is C35H42F5NO3S. The van der Waals surface area contributed by atoms with Crippen LogP contribution in [0.3, 0.4) is 0 Å². The first-order valence-corrected chi connectivity index (χ1v) is 16.8. The number of aliphatic imine (C=N–C) groups is 1. The minimum Gasteiger partial charge on any atom is -0.432 e. The summed E-state index contributed by atoms with van der Waals surface area (Å²) in [5, 5.41) is 1.85. The van der Waals surface area contributed by atoms with Crippen molar-refractivity contribution < 1.29 is 36.2 Å². The Morgan fingerprint density at radius 2 is 1.51 bits per heavy atom. The lowest BCUT2D eigenvalue weighted by molar-refractivity contribution is -0.229. The van der Waals surface area contributed by atoms with E-state index in [0.29, 0.717) is 42.4 Å². The molecule has 0 unspecified atom stereocenters. The highest BCUT2D eigenvalue weighted by atomic mass is 32.1. The third-order valence-corrected chi connectivity index (χ3v) is 10.00. The molecule has 45 heavy (non-hydrogen) atoms. The molecule has 4 nitrogen and oxygen atoms in total. The number of nitrogens with zero attached hydrogens (tertiary/aromatic N) is 1. The molecule has 3 aliphatic rings. The van der Waals surface area contributed by atoms with Gasteiger partial charge in [0.1, 0.15) is 17.3 Å². The van der Waals surface area contributed by atoms with E-state index in [-0.39, 0.29) is 36.8 Å². The standard InChI is InChI=1S/C35H42F5NO3S/c1-2-3-4-5-22-19-42-34(43-20-22)25-8-6-23(7-9-25)26-12-15-29(30(36)16-26)24-10-13-27(14-11-24)35(39,40)44-28-17-31(37)33(41-21-45)32(38)18-28/h12,15-18,22-25,27,34H,2-11,13-14,19-20H2,1H3. The number of thiocarbonyl (C=S) groups is 1. The number of rotatable bonds is 11. The molecule has 0 N–H and O–H groups in total.